The lowest BCUT2D eigenvalue weighted by Crippen LogP contribution is -2.38. The van der Waals surface area contributed by atoms with E-state index in [1.54, 1.807) is 24.8 Å². The predicted molar refractivity (Wildman–Crippen MR) is 251 cm³/mol. The van der Waals surface area contributed by atoms with Crippen LogP contribution in [0.4, 0.5) is 17.6 Å². The average Bonchev–Trinajstić information content (AvgIpc) is 4.16. The lowest BCUT2D eigenvalue weighted by Gasteiger charge is -2.32. The standard InChI is InChI=1S/C50H55F4N9O6/c1-28-36(16-40-46(52)41(66-3)17-42(67-4)47(40)53)38-14-29(19-57-50(38)59-28)32-22-58-63(25-32)34-7-10-61(11-8-34)9-6-12-69-44-18-43(68-5)45(51)39(48(44)54)15-31-21-56-49-37(31)13-30(20-55-49)33-23-60(2)62(24-33)26-35(65)27-64/h13-14,17-22,24-25,34-35,64-65H,6-12,15-16,23,26-27H2,1-5H3,(H,55,56)(H,57,59). The van der Waals surface area contributed by atoms with Gasteiger partial charge in [-0.1, -0.05) is 0 Å². The summed E-state index contributed by atoms with van der Waals surface area (Å²) in [6.45, 7) is 4.86. The quantitative estimate of drug-likeness (QED) is 0.0502. The van der Waals surface area contributed by atoms with Crippen molar-refractivity contribution in [1.29, 1.82) is 0 Å². The van der Waals surface area contributed by atoms with Crippen molar-refractivity contribution >= 4 is 27.6 Å². The first-order valence-corrected chi connectivity index (χ1v) is 22.8. The molecule has 9 rings (SSSR count). The van der Waals surface area contributed by atoms with Crippen LogP contribution in [0.2, 0.25) is 0 Å². The molecule has 4 N–H and O–H groups in total. The zero-order chi connectivity index (χ0) is 48.5. The number of aromatic amines is 2. The first-order valence-electron chi connectivity index (χ1n) is 22.8. The van der Waals surface area contributed by atoms with Crippen LogP contribution in [0.25, 0.3) is 38.8 Å². The number of hydrogen-bond donors (Lipinski definition) is 4. The molecule has 7 heterocycles. The van der Waals surface area contributed by atoms with Crippen LogP contribution in [-0.4, -0.2) is 135 Å². The monoisotopic (exact) mass is 953 g/mol. The summed E-state index contributed by atoms with van der Waals surface area (Å²) in [4.78, 5) is 17.9. The number of aliphatic hydroxyl groups is 2. The number of halogens is 4. The van der Waals surface area contributed by atoms with Crippen molar-refractivity contribution in [3.63, 3.8) is 0 Å². The number of piperidine rings is 1. The number of pyridine rings is 2. The van der Waals surface area contributed by atoms with E-state index in [0.29, 0.717) is 40.8 Å². The highest BCUT2D eigenvalue weighted by Gasteiger charge is 2.27. The van der Waals surface area contributed by atoms with Crippen molar-refractivity contribution in [2.45, 2.75) is 51.2 Å². The maximum atomic E-state index is 16.2. The van der Waals surface area contributed by atoms with Crippen molar-refractivity contribution in [2.75, 3.05) is 74.3 Å². The van der Waals surface area contributed by atoms with Crippen molar-refractivity contribution < 1.29 is 46.7 Å². The number of likely N-dealkylation sites (N-methyl/N-ethyl adjacent to an activating group) is 1. The van der Waals surface area contributed by atoms with Crippen LogP contribution in [-0.2, 0) is 12.8 Å². The van der Waals surface area contributed by atoms with Gasteiger partial charge in [0, 0.05) is 128 Å². The van der Waals surface area contributed by atoms with Crippen LogP contribution in [0.1, 0.15) is 58.8 Å². The Morgan fingerprint density at radius 3 is 2.12 bits per heavy atom. The summed E-state index contributed by atoms with van der Waals surface area (Å²) < 4.78 is 86.3. The smallest absolute Gasteiger partial charge is 0.171 e. The first-order chi connectivity index (χ1) is 33.4. The summed E-state index contributed by atoms with van der Waals surface area (Å²) in [7, 11) is 5.86. The summed E-state index contributed by atoms with van der Waals surface area (Å²) in [5.41, 5.74) is 6.38. The van der Waals surface area contributed by atoms with Crippen LogP contribution in [0.3, 0.4) is 0 Å². The molecule has 364 valence electrons. The molecule has 5 aromatic heterocycles. The predicted octanol–water partition coefficient (Wildman–Crippen LogP) is 7.34. The highest BCUT2D eigenvalue weighted by atomic mass is 19.1. The Hall–Kier alpha value is -6.67. The van der Waals surface area contributed by atoms with E-state index in [1.807, 2.05) is 53.2 Å². The number of benzene rings is 2. The van der Waals surface area contributed by atoms with Crippen LogP contribution >= 0.6 is 0 Å². The van der Waals surface area contributed by atoms with E-state index in [0.717, 1.165) is 65.8 Å². The van der Waals surface area contributed by atoms with Gasteiger partial charge in [0.2, 0.25) is 0 Å². The second-order valence-corrected chi connectivity index (χ2v) is 17.6. The Labute approximate surface area is 395 Å². The van der Waals surface area contributed by atoms with E-state index >= 15 is 17.6 Å². The Balaban J connectivity index is 0.808. The molecule has 0 aliphatic carbocycles. The molecule has 15 nitrogen and oxygen atoms in total. The number of rotatable bonds is 18. The molecule has 7 aromatic rings. The lowest BCUT2D eigenvalue weighted by molar-refractivity contribution is 0.00668. The zero-order valence-electron chi connectivity index (χ0n) is 39.1. The summed E-state index contributed by atoms with van der Waals surface area (Å²) >= 11 is 0. The highest BCUT2D eigenvalue weighted by Crippen LogP contribution is 2.37. The fourth-order valence-electron chi connectivity index (χ4n) is 9.37. The first kappa shape index (κ1) is 47.4. The molecule has 19 heteroatoms. The molecular weight excluding hydrogens is 899 g/mol. The van der Waals surface area contributed by atoms with Gasteiger partial charge < -0.3 is 49.0 Å². The maximum Gasteiger partial charge on any atom is 0.171 e. The lowest BCUT2D eigenvalue weighted by atomic mass is 9.99. The molecule has 1 unspecified atom stereocenters. The summed E-state index contributed by atoms with van der Waals surface area (Å²) in [6, 6.07) is 6.52. The van der Waals surface area contributed by atoms with Gasteiger partial charge in [-0.3, -0.25) is 4.68 Å². The summed E-state index contributed by atoms with van der Waals surface area (Å²) in [5.74, 6) is -3.56. The third-order valence-corrected chi connectivity index (χ3v) is 13.3. The number of H-pyrrole nitrogens is 2. The van der Waals surface area contributed by atoms with E-state index in [1.165, 1.54) is 33.5 Å². The normalized spacial score (nSPS) is 15.4. The molecule has 1 atom stereocenters. The molecular formula is C50H55F4N9O6. The van der Waals surface area contributed by atoms with Crippen LogP contribution in [0, 0.1) is 30.2 Å². The van der Waals surface area contributed by atoms with Gasteiger partial charge in [0.15, 0.2) is 46.3 Å². The number of hydrogen-bond acceptors (Lipinski definition) is 12. The SMILES string of the molecule is COc1cc(OC)c(F)c(Cc2c(C)[nH]c3ncc(-c4cnn(C5CCN(CCCOc6cc(OC)c(F)c(Cc7c[nH]c8ncc(C9=CN(CC(O)CO)N(C)C9)cc78)c6F)CC5)c4)cc23)c1F. The van der Waals surface area contributed by atoms with Crippen LogP contribution in [0.15, 0.2) is 61.4 Å². The van der Waals surface area contributed by atoms with Crippen molar-refractivity contribution in [2.24, 2.45) is 0 Å². The van der Waals surface area contributed by atoms with E-state index < -0.39 is 29.4 Å². The summed E-state index contributed by atoms with van der Waals surface area (Å²) in [5, 5.41) is 29.2. The molecule has 2 aromatic carbocycles. The molecule has 69 heavy (non-hydrogen) atoms. The number of nitrogens with one attached hydrogen (secondary N) is 2. The molecule has 0 saturated carbocycles. The molecule has 0 amide bonds. The number of fused-ring (bicyclic) bond motifs is 2. The molecule has 0 bridgehead atoms. The molecule has 2 aliphatic heterocycles. The molecule has 0 radical (unpaired) electrons. The fraction of sp³-hybridized carbons (Fsp3) is 0.380. The number of hydrazine groups is 1. The van der Waals surface area contributed by atoms with E-state index in [9.17, 15) is 10.2 Å². The molecule has 1 saturated heterocycles. The molecule has 0 spiro atoms. The van der Waals surface area contributed by atoms with Gasteiger partial charge in [0.05, 0.1) is 59.4 Å². The number of likely N-dealkylation sites (tertiary alicyclic amines) is 1. The van der Waals surface area contributed by atoms with E-state index in [2.05, 4.69) is 24.8 Å². The Morgan fingerprint density at radius 2 is 1.42 bits per heavy atom. The minimum atomic E-state index is -0.897. The largest absolute Gasteiger partial charge is 0.494 e. The van der Waals surface area contributed by atoms with Crippen LogP contribution in [0.5, 0.6) is 23.0 Å². The number of ether oxygens (including phenoxy) is 4. The van der Waals surface area contributed by atoms with Gasteiger partial charge in [0.1, 0.15) is 11.3 Å². The number of aliphatic hydroxyl groups excluding tert-OH is 2. The highest BCUT2D eigenvalue weighted by molar-refractivity contribution is 5.86. The van der Waals surface area contributed by atoms with Gasteiger partial charge in [0.25, 0.3) is 0 Å². The average molecular weight is 954 g/mol. The van der Waals surface area contributed by atoms with Gasteiger partial charge in [-0.2, -0.15) is 5.10 Å². The second-order valence-electron chi connectivity index (χ2n) is 17.6. The minimum Gasteiger partial charge on any atom is -0.494 e. The number of aromatic nitrogens is 6. The van der Waals surface area contributed by atoms with E-state index in [-0.39, 0.29) is 72.8 Å². The number of nitrogens with zero attached hydrogens (tertiary/aromatic N) is 7. The van der Waals surface area contributed by atoms with Crippen molar-refractivity contribution in [3.8, 4) is 34.1 Å². The van der Waals surface area contributed by atoms with Gasteiger partial charge in [-0.05, 0) is 60.6 Å². The van der Waals surface area contributed by atoms with Gasteiger partial charge in [-0.25, -0.2) is 32.5 Å². The fourth-order valence-corrected chi connectivity index (χ4v) is 9.37. The maximum absolute atomic E-state index is 16.2. The zero-order valence-corrected chi connectivity index (χ0v) is 39.1. The minimum absolute atomic E-state index is 0.0440. The molecule has 2 aliphatic rings. The summed E-state index contributed by atoms with van der Waals surface area (Å²) in [6.07, 6.45) is 12.2. The van der Waals surface area contributed by atoms with E-state index in [4.69, 9.17) is 24.0 Å². The van der Waals surface area contributed by atoms with Crippen molar-refractivity contribution in [1.82, 2.24) is 44.6 Å². The number of methoxy groups -OCH3 is 3. The van der Waals surface area contributed by atoms with Crippen LogP contribution < -0.4 is 18.9 Å². The number of aryl methyl sites for hydroxylation is 1. The number of β-amino-alcohol motifs (C(OH)–C–C–N with tert-alkyl or cyclic N) is 1. The molecule has 1 fully saturated rings. The Bertz CT molecular complexity index is 2990. The van der Waals surface area contributed by atoms with Crippen molar-refractivity contribution in [3.05, 3.63) is 118 Å². The Kier molecular flexibility index (Phi) is 13.8. The topological polar surface area (TPSA) is 162 Å². The third kappa shape index (κ3) is 9.55. The second kappa shape index (κ2) is 20.1. The van der Waals surface area contributed by atoms with Gasteiger partial charge >= 0.3 is 0 Å². The van der Waals surface area contributed by atoms with Gasteiger partial charge in [-0.15, -0.1) is 0 Å². The Morgan fingerprint density at radius 1 is 0.783 bits per heavy atom. The third-order valence-electron chi connectivity index (χ3n) is 13.3.